The van der Waals surface area contributed by atoms with Gasteiger partial charge in [0.25, 0.3) is 5.91 Å². The second kappa shape index (κ2) is 5.36. The van der Waals surface area contributed by atoms with Crippen LogP contribution in [0.15, 0.2) is 30.6 Å². The van der Waals surface area contributed by atoms with Crippen molar-refractivity contribution in [2.75, 3.05) is 10.7 Å². The zero-order valence-corrected chi connectivity index (χ0v) is 9.52. The highest BCUT2D eigenvalue weighted by Gasteiger charge is 2.11. The van der Waals surface area contributed by atoms with E-state index in [0.29, 0.717) is 6.07 Å². The van der Waals surface area contributed by atoms with Gasteiger partial charge in [0.1, 0.15) is 17.3 Å². The zero-order valence-electron chi connectivity index (χ0n) is 9.52. The molecule has 0 fully saturated rings. The Balaban J connectivity index is 2.15. The number of carbonyl (C=O) groups excluding carboxylic acids is 1. The fourth-order valence-corrected chi connectivity index (χ4v) is 1.30. The van der Waals surface area contributed by atoms with Gasteiger partial charge in [-0.1, -0.05) is 0 Å². The van der Waals surface area contributed by atoms with Crippen LogP contribution in [0.25, 0.3) is 0 Å². The number of nitrogens with two attached hydrogens (primary N) is 1. The smallest absolute Gasteiger partial charge is 0.275 e. The van der Waals surface area contributed by atoms with Crippen LogP contribution in [-0.2, 0) is 0 Å². The number of nitrogens with one attached hydrogen (secondary N) is 2. The lowest BCUT2D eigenvalue weighted by Crippen LogP contribution is -2.16. The summed E-state index contributed by atoms with van der Waals surface area (Å²) in [7, 11) is 0. The number of hydrazine groups is 1. The predicted molar refractivity (Wildman–Crippen MR) is 64.2 cm³/mol. The van der Waals surface area contributed by atoms with Crippen LogP contribution in [0.4, 0.5) is 20.3 Å². The molecule has 0 unspecified atom stereocenters. The Morgan fingerprint density at radius 3 is 2.58 bits per heavy atom. The van der Waals surface area contributed by atoms with Crippen molar-refractivity contribution in [3.8, 4) is 0 Å². The summed E-state index contributed by atoms with van der Waals surface area (Å²) in [5.41, 5.74) is 2.08. The third kappa shape index (κ3) is 2.99. The largest absolute Gasteiger partial charge is 0.318 e. The van der Waals surface area contributed by atoms with Crippen LogP contribution in [0.2, 0.25) is 0 Å². The van der Waals surface area contributed by atoms with E-state index < -0.39 is 17.5 Å². The first-order valence-electron chi connectivity index (χ1n) is 5.15. The maximum atomic E-state index is 13.3. The average molecular weight is 265 g/mol. The number of hydrogen-bond acceptors (Lipinski definition) is 5. The van der Waals surface area contributed by atoms with Crippen molar-refractivity contribution < 1.29 is 13.6 Å². The second-order valence-corrected chi connectivity index (χ2v) is 3.51. The normalized spacial score (nSPS) is 10.1. The van der Waals surface area contributed by atoms with E-state index in [1.165, 1.54) is 12.4 Å². The van der Waals surface area contributed by atoms with Gasteiger partial charge in [0.15, 0.2) is 5.82 Å². The molecule has 1 amide bonds. The summed E-state index contributed by atoms with van der Waals surface area (Å²) in [5.74, 6) is 3.11. The highest BCUT2D eigenvalue weighted by Crippen LogP contribution is 2.15. The Kier molecular flexibility index (Phi) is 3.62. The summed E-state index contributed by atoms with van der Waals surface area (Å²) in [5, 5.41) is 2.26. The van der Waals surface area contributed by atoms with Gasteiger partial charge in [-0.05, 0) is 12.1 Å². The van der Waals surface area contributed by atoms with E-state index in [9.17, 15) is 13.6 Å². The molecule has 0 atom stereocenters. The summed E-state index contributed by atoms with van der Waals surface area (Å²) in [4.78, 5) is 19.3. The molecule has 0 bridgehead atoms. The SMILES string of the molecule is NNc1cnc(C(=O)Nc2ccc(F)cc2F)cn1. The van der Waals surface area contributed by atoms with E-state index in [-0.39, 0.29) is 17.2 Å². The van der Waals surface area contributed by atoms with Gasteiger partial charge in [0, 0.05) is 6.07 Å². The lowest BCUT2D eigenvalue weighted by Gasteiger charge is -2.06. The Bertz CT molecular complexity index is 603. The number of nitrogen functional groups attached to an aromatic ring is 1. The molecule has 4 N–H and O–H groups in total. The van der Waals surface area contributed by atoms with Gasteiger partial charge in [0.2, 0.25) is 0 Å². The molecule has 2 rings (SSSR count). The van der Waals surface area contributed by atoms with Crippen molar-refractivity contribution >= 4 is 17.4 Å². The minimum atomic E-state index is -0.874. The number of halogens is 2. The van der Waals surface area contributed by atoms with Crippen LogP contribution in [0.3, 0.4) is 0 Å². The molecular formula is C11H9F2N5O. The van der Waals surface area contributed by atoms with Crippen molar-refractivity contribution in [1.29, 1.82) is 0 Å². The van der Waals surface area contributed by atoms with Crippen LogP contribution in [0.5, 0.6) is 0 Å². The maximum absolute atomic E-state index is 13.3. The standard InChI is InChI=1S/C11H9F2N5O/c12-6-1-2-8(7(13)3-6)17-11(19)9-4-16-10(18-14)5-15-9/h1-5H,14H2,(H,16,18)(H,17,19). The maximum Gasteiger partial charge on any atom is 0.275 e. The molecule has 0 saturated carbocycles. The highest BCUT2D eigenvalue weighted by molar-refractivity contribution is 6.02. The fraction of sp³-hybridized carbons (Fsp3) is 0. The number of amides is 1. The van der Waals surface area contributed by atoms with E-state index in [1.54, 1.807) is 0 Å². The van der Waals surface area contributed by atoms with Gasteiger partial charge < -0.3 is 10.7 Å². The topological polar surface area (TPSA) is 92.9 Å². The quantitative estimate of drug-likeness (QED) is 0.574. The van der Waals surface area contributed by atoms with Crippen molar-refractivity contribution in [3.05, 3.63) is 47.9 Å². The Labute approximate surface area is 106 Å². The fourth-order valence-electron chi connectivity index (χ4n) is 1.30. The molecule has 1 heterocycles. The lowest BCUT2D eigenvalue weighted by molar-refractivity contribution is 0.102. The molecule has 1 aromatic heterocycles. The minimum Gasteiger partial charge on any atom is -0.318 e. The molecule has 2 aromatic rings. The number of aromatic nitrogens is 2. The van der Waals surface area contributed by atoms with Gasteiger partial charge in [-0.2, -0.15) is 0 Å². The monoisotopic (exact) mass is 265 g/mol. The van der Waals surface area contributed by atoms with E-state index >= 15 is 0 Å². The molecule has 6 nitrogen and oxygen atoms in total. The van der Waals surface area contributed by atoms with Crippen LogP contribution in [0.1, 0.15) is 10.5 Å². The van der Waals surface area contributed by atoms with Crippen LogP contribution < -0.4 is 16.6 Å². The summed E-state index contributed by atoms with van der Waals surface area (Å²) >= 11 is 0. The van der Waals surface area contributed by atoms with Crippen LogP contribution in [0, 0.1) is 11.6 Å². The minimum absolute atomic E-state index is 0.0253. The zero-order chi connectivity index (χ0) is 13.8. The second-order valence-electron chi connectivity index (χ2n) is 3.51. The van der Waals surface area contributed by atoms with Gasteiger partial charge in [-0.15, -0.1) is 0 Å². The first-order chi connectivity index (χ1) is 9.10. The van der Waals surface area contributed by atoms with Crippen molar-refractivity contribution in [1.82, 2.24) is 9.97 Å². The molecule has 0 spiro atoms. The van der Waals surface area contributed by atoms with Crippen LogP contribution in [-0.4, -0.2) is 15.9 Å². The highest BCUT2D eigenvalue weighted by atomic mass is 19.1. The molecule has 0 saturated heterocycles. The molecule has 0 aliphatic heterocycles. The molecule has 0 aliphatic carbocycles. The van der Waals surface area contributed by atoms with Crippen LogP contribution >= 0.6 is 0 Å². The molecule has 98 valence electrons. The molecule has 0 radical (unpaired) electrons. The van der Waals surface area contributed by atoms with Gasteiger partial charge >= 0.3 is 0 Å². The first-order valence-corrected chi connectivity index (χ1v) is 5.15. The summed E-state index contributed by atoms with van der Waals surface area (Å²) in [6, 6.07) is 2.82. The van der Waals surface area contributed by atoms with E-state index in [0.717, 1.165) is 12.1 Å². The van der Waals surface area contributed by atoms with Gasteiger partial charge in [-0.25, -0.2) is 24.6 Å². The van der Waals surface area contributed by atoms with E-state index in [2.05, 4.69) is 20.7 Å². The number of nitrogens with zero attached hydrogens (tertiary/aromatic N) is 2. The lowest BCUT2D eigenvalue weighted by atomic mass is 10.3. The average Bonchev–Trinajstić information content (AvgIpc) is 2.42. The molecule has 1 aromatic carbocycles. The van der Waals surface area contributed by atoms with Crippen molar-refractivity contribution in [3.63, 3.8) is 0 Å². The number of rotatable bonds is 3. The molecule has 8 heteroatoms. The number of benzene rings is 1. The predicted octanol–water partition coefficient (Wildman–Crippen LogP) is 1.29. The van der Waals surface area contributed by atoms with E-state index in [1.807, 2.05) is 0 Å². The molecular weight excluding hydrogens is 256 g/mol. The van der Waals surface area contributed by atoms with E-state index in [4.69, 9.17) is 5.84 Å². The van der Waals surface area contributed by atoms with Gasteiger partial charge in [0.05, 0.1) is 18.1 Å². The number of hydrogen-bond donors (Lipinski definition) is 3. The molecule has 0 aliphatic rings. The Morgan fingerprint density at radius 1 is 1.21 bits per heavy atom. The summed E-state index contributed by atoms with van der Waals surface area (Å²) < 4.78 is 26.0. The third-order valence-corrected chi connectivity index (χ3v) is 2.21. The van der Waals surface area contributed by atoms with Crippen molar-refractivity contribution in [2.45, 2.75) is 0 Å². The number of anilines is 2. The summed E-state index contributed by atoms with van der Waals surface area (Å²) in [6.07, 6.45) is 2.42. The summed E-state index contributed by atoms with van der Waals surface area (Å²) in [6.45, 7) is 0. The third-order valence-electron chi connectivity index (χ3n) is 2.21. The Hall–Kier alpha value is -2.61. The number of carbonyl (C=O) groups is 1. The first kappa shape index (κ1) is 12.8. The Morgan fingerprint density at radius 2 is 2.00 bits per heavy atom. The van der Waals surface area contributed by atoms with Gasteiger partial charge in [-0.3, -0.25) is 4.79 Å². The molecule has 19 heavy (non-hydrogen) atoms. The van der Waals surface area contributed by atoms with Crippen molar-refractivity contribution in [2.24, 2.45) is 5.84 Å².